The zero-order chi connectivity index (χ0) is 22.2. The summed E-state index contributed by atoms with van der Waals surface area (Å²) in [7, 11) is -4.33. The number of fused-ring (bicyclic) bond motifs is 2. The summed E-state index contributed by atoms with van der Waals surface area (Å²) in [6.45, 7) is 1.22. The van der Waals surface area contributed by atoms with E-state index in [-0.39, 0.29) is 23.5 Å². The molecule has 2 aliphatic rings. The maximum Gasteiger partial charge on any atom is 0.573 e. The number of hydrogen-bond acceptors (Lipinski definition) is 7. The minimum absolute atomic E-state index is 0.0319. The van der Waals surface area contributed by atoms with Crippen molar-refractivity contribution in [3.63, 3.8) is 0 Å². The molecular formula is C18H21F3O8S. The van der Waals surface area contributed by atoms with E-state index in [2.05, 4.69) is 4.74 Å². The molecule has 30 heavy (non-hydrogen) atoms. The van der Waals surface area contributed by atoms with Crippen LogP contribution in [0.5, 0.6) is 11.5 Å². The van der Waals surface area contributed by atoms with Crippen molar-refractivity contribution in [1.82, 2.24) is 0 Å². The predicted molar refractivity (Wildman–Crippen MR) is 96.0 cm³/mol. The number of hydrogen-bond donors (Lipinski definition) is 1. The number of carbonyl (C=O) groups is 1. The molecule has 3 unspecified atom stereocenters. The van der Waals surface area contributed by atoms with Crippen LogP contribution in [0.4, 0.5) is 13.2 Å². The van der Waals surface area contributed by atoms with E-state index in [0.29, 0.717) is 19.3 Å². The van der Waals surface area contributed by atoms with Gasteiger partial charge in [-0.25, -0.2) is 4.79 Å². The summed E-state index contributed by atoms with van der Waals surface area (Å²) in [6.07, 6.45) is -2.74. The Morgan fingerprint density at radius 1 is 1.30 bits per heavy atom. The smallest absolute Gasteiger partial charge is 0.481 e. The first kappa shape index (κ1) is 22.6. The van der Waals surface area contributed by atoms with Crippen LogP contribution in [0.2, 0.25) is 0 Å². The van der Waals surface area contributed by atoms with Crippen LogP contribution < -0.4 is 9.47 Å². The molecular weight excluding hydrogens is 433 g/mol. The standard InChI is InChI=1S/C18H21F3O8S/c1-2-17(10-12-4-6-15(17)27-12)28-14-9-11(3-5-13(14)29-18(19,20)21)16(22)26-7-8-30(23,24)25/h3,5,9,12,15H,2,4,6-8,10H2,1H3,(H,23,24,25). The molecule has 168 valence electrons. The Morgan fingerprint density at radius 3 is 2.57 bits per heavy atom. The monoisotopic (exact) mass is 454 g/mol. The molecule has 2 bridgehead atoms. The van der Waals surface area contributed by atoms with Gasteiger partial charge in [-0.05, 0) is 37.5 Å². The second-order valence-electron chi connectivity index (χ2n) is 7.18. The molecule has 0 aromatic heterocycles. The Morgan fingerprint density at radius 2 is 2.03 bits per heavy atom. The number of rotatable bonds is 8. The third-order valence-corrected chi connectivity index (χ3v) is 5.84. The van der Waals surface area contributed by atoms with Crippen LogP contribution in [-0.4, -0.2) is 55.5 Å². The molecule has 2 saturated heterocycles. The minimum atomic E-state index is -4.97. The molecule has 1 N–H and O–H groups in total. The summed E-state index contributed by atoms with van der Waals surface area (Å²) in [5.41, 5.74) is -1.01. The largest absolute Gasteiger partial charge is 0.573 e. The summed E-state index contributed by atoms with van der Waals surface area (Å²) in [5.74, 6) is -2.71. The molecule has 2 aliphatic heterocycles. The van der Waals surface area contributed by atoms with Gasteiger partial charge in [-0.3, -0.25) is 4.55 Å². The van der Waals surface area contributed by atoms with Crippen molar-refractivity contribution in [2.45, 2.75) is 56.8 Å². The van der Waals surface area contributed by atoms with Gasteiger partial charge >= 0.3 is 12.3 Å². The molecule has 8 nitrogen and oxygen atoms in total. The fraction of sp³-hybridized carbons (Fsp3) is 0.611. The number of halogens is 3. The van der Waals surface area contributed by atoms with E-state index in [1.54, 1.807) is 0 Å². The van der Waals surface area contributed by atoms with Gasteiger partial charge in [0, 0.05) is 6.42 Å². The van der Waals surface area contributed by atoms with E-state index in [1.165, 1.54) is 0 Å². The van der Waals surface area contributed by atoms with Crippen molar-refractivity contribution in [1.29, 1.82) is 0 Å². The number of benzene rings is 1. The van der Waals surface area contributed by atoms with Crippen LogP contribution in [0.25, 0.3) is 0 Å². The average molecular weight is 454 g/mol. The first-order valence-electron chi connectivity index (χ1n) is 9.27. The summed E-state index contributed by atoms with van der Waals surface area (Å²) < 4.78 is 89.2. The predicted octanol–water partition coefficient (Wildman–Crippen LogP) is 3.11. The number of esters is 1. The van der Waals surface area contributed by atoms with Crippen molar-refractivity contribution in [2.75, 3.05) is 12.4 Å². The molecule has 3 rings (SSSR count). The minimum Gasteiger partial charge on any atom is -0.481 e. The first-order valence-corrected chi connectivity index (χ1v) is 10.9. The van der Waals surface area contributed by atoms with Crippen LogP contribution in [0.1, 0.15) is 43.0 Å². The van der Waals surface area contributed by atoms with Gasteiger partial charge in [-0.15, -0.1) is 13.2 Å². The fourth-order valence-corrected chi connectivity index (χ4v) is 4.07. The first-order chi connectivity index (χ1) is 13.9. The molecule has 3 atom stereocenters. The molecule has 1 aromatic rings. The van der Waals surface area contributed by atoms with Gasteiger partial charge in [-0.1, -0.05) is 6.92 Å². The summed E-state index contributed by atoms with van der Waals surface area (Å²) in [5, 5.41) is 0. The van der Waals surface area contributed by atoms with E-state index < -0.39 is 46.2 Å². The van der Waals surface area contributed by atoms with Crippen LogP contribution in [-0.2, 0) is 19.6 Å². The van der Waals surface area contributed by atoms with Crippen molar-refractivity contribution in [3.8, 4) is 11.5 Å². The van der Waals surface area contributed by atoms with Gasteiger partial charge in [0.2, 0.25) is 0 Å². The Hall–Kier alpha value is -2.05. The number of alkyl halides is 3. The highest BCUT2D eigenvalue weighted by atomic mass is 32.2. The lowest BCUT2D eigenvalue weighted by Gasteiger charge is -2.35. The lowest BCUT2D eigenvalue weighted by molar-refractivity contribution is -0.275. The van der Waals surface area contributed by atoms with E-state index >= 15 is 0 Å². The highest BCUT2D eigenvalue weighted by Crippen LogP contribution is 2.48. The van der Waals surface area contributed by atoms with Crippen LogP contribution >= 0.6 is 0 Å². The maximum atomic E-state index is 12.8. The SMILES string of the molecule is CCC1(Oc2cc(C(=O)OCCS(=O)(=O)O)ccc2OC(F)(F)F)CC2CCC1O2. The lowest BCUT2D eigenvalue weighted by Crippen LogP contribution is -2.45. The molecule has 2 fully saturated rings. The number of ether oxygens (including phenoxy) is 4. The Kier molecular flexibility index (Phi) is 6.21. The van der Waals surface area contributed by atoms with Crippen LogP contribution in [0.3, 0.4) is 0 Å². The van der Waals surface area contributed by atoms with Gasteiger partial charge < -0.3 is 18.9 Å². The zero-order valence-corrected chi connectivity index (χ0v) is 16.8. The Labute approximate surface area is 171 Å². The Balaban J connectivity index is 1.84. The van der Waals surface area contributed by atoms with E-state index in [4.69, 9.17) is 18.8 Å². The van der Waals surface area contributed by atoms with Crippen LogP contribution in [0.15, 0.2) is 18.2 Å². The van der Waals surface area contributed by atoms with Gasteiger partial charge in [0.15, 0.2) is 11.5 Å². The summed E-state index contributed by atoms with van der Waals surface area (Å²) in [4.78, 5) is 12.2. The molecule has 0 aliphatic carbocycles. The van der Waals surface area contributed by atoms with E-state index in [9.17, 15) is 26.4 Å². The zero-order valence-electron chi connectivity index (χ0n) is 16.0. The van der Waals surface area contributed by atoms with Gasteiger partial charge in [0.05, 0.1) is 17.8 Å². The maximum absolute atomic E-state index is 12.8. The quantitative estimate of drug-likeness (QED) is 0.472. The molecule has 0 saturated carbocycles. The Bertz CT molecular complexity index is 901. The third-order valence-electron chi connectivity index (χ3n) is 5.16. The van der Waals surface area contributed by atoms with Crippen molar-refractivity contribution in [2.24, 2.45) is 0 Å². The van der Waals surface area contributed by atoms with E-state index in [1.807, 2.05) is 6.92 Å². The second kappa shape index (κ2) is 8.23. The number of carbonyl (C=O) groups excluding carboxylic acids is 1. The van der Waals surface area contributed by atoms with Gasteiger partial charge in [0.25, 0.3) is 10.1 Å². The molecule has 2 heterocycles. The van der Waals surface area contributed by atoms with Crippen molar-refractivity contribution >= 4 is 16.1 Å². The highest BCUT2D eigenvalue weighted by Gasteiger charge is 2.53. The van der Waals surface area contributed by atoms with E-state index in [0.717, 1.165) is 24.6 Å². The van der Waals surface area contributed by atoms with Crippen molar-refractivity contribution < 1.29 is 49.9 Å². The molecule has 1 aromatic carbocycles. The lowest BCUT2D eigenvalue weighted by atomic mass is 9.82. The highest BCUT2D eigenvalue weighted by molar-refractivity contribution is 7.85. The van der Waals surface area contributed by atoms with Crippen LogP contribution in [0, 0.1) is 0 Å². The molecule has 0 spiro atoms. The second-order valence-corrected chi connectivity index (χ2v) is 8.75. The summed E-state index contributed by atoms with van der Waals surface area (Å²) in [6, 6.07) is 3.03. The fourth-order valence-electron chi connectivity index (χ4n) is 3.78. The normalized spacial score (nSPS) is 25.9. The van der Waals surface area contributed by atoms with Gasteiger partial charge in [0.1, 0.15) is 18.0 Å². The average Bonchev–Trinajstić information content (AvgIpc) is 3.22. The topological polar surface area (TPSA) is 108 Å². The molecule has 0 amide bonds. The third kappa shape index (κ3) is 5.35. The molecule has 0 radical (unpaired) electrons. The van der Waals surface area contributed by atoms with Crippen molar-refractivity contribution in [3.05, 3.63) is 23.8 Å². The molecule has 12 heteroatoms. The summed E-state index contributed by atoms with van der Waals surface area (Å²) >= 11 is 0. The van der Waals surface area contributed by atoms with Gasteiger partial charge in [-0.2, -0.15) is 8.42 Å².